The SMILES string of the molecule is CCc1nc2ccc(C(=O)Nc3cc(OC)c(OC)cc3Cl)cc2nc1CC. The van der Waals surface area contributed by atoms with Crippen molar-refractivity contribution >= 4 is 34.2 Å². The van der Waals surface area contributed by atoms with Crippen LogP contribution in [0, 0.1) is 0 Å². The van der Waals surface area contributed by atoms with E-state index in [2.05, 4.69) is 22.2 Å². The molecule has 1 N–H and O–H groups in total. The molecule has 0 fully saturated rings. The first-order valence-electron chi connectivity index (χ1n) is 9.03. The molecule has 3 rings (SSSR count). The molecule has 0 radical (unpaired) electrons. The highest BCUT2D eigenvalue weighted by atomic mass is 35.5. The first-order chi connectivity index (χ1) is 13.5. The molecule has 0 bridgehead atoms. The van der Waals surface area contributed by atoms with E-state index in [9.17, 15) is 4.79 Å². The fourth-order valence-electron chi connectivity index (χ4n) is 2.98. The van der Waals surface area contributed by atoms with E-state index >= 15 is 0 Å². The Bertz CT molecular complexity index is 1040. The van der Waals surface area contributed by atoms with Crippen LogP contribution in [0.5, 0.6) is 11.5 Å². The number of carbonyl (C=O) groups excluding carboxylic acids is 1. The molecule has 2 aromatic carbocycles. The van der Waals surface area contributed by atoms with Crippen LogP contribution < -0.4 is 14.8 Å². The molecule has 1 aromatic heterocycles. The maximum atomic E-state index is 12.8. The molecule has 3 aromatic rings. The van der Waals surface area contributed by atoms with Crippen LogP contribution in [-0.2, 0) is 12.8 Å². The number of aromatic nitrogens is 2. The van der Waals surface area contributed by atoms with Crippen molar-refractivity contribution in [2.24, 2.45) is 0 Å². The van der Waals surface area contributed by atoms with Crippen molar-refractivity contribution in [2.75, 3.05) is 19.5 Å². The van der Waals surface area contributed by atoms with Gasteiger partial charge in [0.1, 0.15) is 0 Å². The van der Waals surface area contributed by atoms with Crippen LogP contribution >= 0.6 is 11.6 Å². The number of nitrogens with one attached hydrogen (secondary N) is 1. The molecule has 0 saturated carbocycles. The van der Waals surface area contributed by atoms with Gasteiger partial charge in [0.05, 0.1) is 47.4 Å². The summed E-state index contributed by atoms with van der Waals surface area (Å²) in [6, 6.07) is 8.51. The first kappa shape index (κ1) is 19.9. The standard InChI is InChI=1S/C21H22ClN3O3/c1-5-14-15(6-2)24-18-9-12(7-8-16(18)23-14)21(26)25-17-11-20(28-4)19(27-3)10-13(17)22/h7-11H,5-6H2,1-4H3,(H,25,26). The average Bonchev–Trinajstić information content (AvgIpc) is 2.73. The van der Waals surface area contributed by atoms with Gasteiger partial charge in [-0.3, -0.25) is 4.79 Å². The minimum Gasteiger partial charge on any atom is -0.493 e. The summed E-state index contributed by atoms with van der Waals surface area (Å²) < 4.78 is 10.5. The normalized spacial score (nSPS) is 10.8. The third kappa shape index (κ3) is 3.87. The van der Waals surface area contributed by atoms with Crippen LogP contribution in [0.1, 0.15) is 35.6 Å². The number of aryl methyl sites for hydroxylation is 2. The lowest BCUT2D eigenvalue weighted by atomic mass is 10.1. The van der Waals surface area contributed by atoms with Gasteiger partial charge in [-0.2, -0.15) is 0 Å². The van der Waals surface area contributed by atoms with Crippen LogP contribution in [0.25, 0.3) is 11.0 Å². The van der Waals surface area contributed by atoms with Gasteiger partial charge in [-0.25, -0.2) is 9.97 Å². The highest BCUT2D eigenvalue weighted by molar-refractivity contribution is 6.34. The zero-order valence-electron chi connectivity index (χ0n) is 16.3. The van der Waals surface area contributed by atoms with Gasteiger partial charge in [0.25, 0.3) is 5.91 Å². The molecule has 0 unspecified atom stereocenters. The van der Waals surface area contributed by atoms with Crippen LogP contribution in [0.3, 0.4) is 0 Å². The Balaban J connectivity index is 1.93. The zero-order valence-corrected chi connectivity index (χ0v) is 17.1. The summed E-state index contributed by atoms with van der Waals surface area (Å²) in [7, 11) is 3.05. The minimum absolute atomic E-state index is 0.296. The lowest BCUT2D eigenvalue weighted by Gasteiger charge is -2.13. The molecule has 1 heterocycles. The number of anilines is 1. The number of hydrogen-bond acceptors (Lipinski definition) is 5. The summed E-state index contributed by atoms with van der Waals surface area (Å²) in [5.74, 6) is 0.673. The number of benzene rings is 2. The van der Waals surface area contributed by atoms with Gasteiger partial charge in [0, 0.05) is 17.7 Å². The summed E-state index contributed by atoms with van der Waals surface area (Å²) in [6.07, 6.45) is 1.62. The average molecular weight is 400 g/mol. The quantitative estimate of drug-likeness (QED) is 0.651. The van der Waals surface area contributed by atoms with Crippen LogP contribution in [0.15, 0.2) is 30.3 Å². The number of halogens is 1. The van der Waals surface area contributed by atoms with Gasteiger partial charge >= 0.3 is 0 Å². The fraction of sp³-hybridized carbons (Fsp3) is 0.286. The number of hydrogen-bond donors (Lipinski definition) is 1. The molecule has 1 amide bonds. The van der Waals surface area contributed by atoms with E-state index in [-0.39, 0.29) is 5.91 Å². The van der Waals surface area contributed by atoms with E-state index in [1.807, 2.05) is 13.0 Å². The highest BCUT2D eigenvalue weighted by Gasteiger charge is 2.15. The largest absolute Gasteiger partial charge is 0.493 e. The molecule has 0 aliphatic heterocycles. The zero-order chi connectivity index (χ0) is 20.3. The van der Waals surface area contributed by atoms with Crippen molar-refractivity contribution in [1.82, 2.24) is 9.97 Å². The highest BCUT2D eigenvalue weighted by Crippen LogP contribution is 2.36. The number of methoxy groups -OCH3 is 2. The Kier molecular flexibility index (Phi) is 5.99. The maximum absolute atomic E-state index is 12.8. The molecule has 0 atom stereocenters. The lowest BCUT2D eigenvalue weighted by Crippen LogP contribution is -2.13. The molecule has 0 aliphatic carbocycles. The third-order valence-electron chi connectivity index (χ3n) is 4.47. The lowest BCUT2D eigenvalue weighted by molar-refractivity contribution is 0.102. The Hall–Kier alpha value is -2.86. The monoisotopic (exact) mass is 399 g/mol. The molecule has 28 heavy (non-hydrogen) atoms. The fourth-order valence-corrected chi connectivity index (χ4v) is 3.18. The van der Waals surface area contributed by atoms with Gasteiger partial charge in [-0.1, -0.05) is 25.4 Å². The number of amides is 1. The second kappa shape index (κ2) is 8.44. The molecular formula is C21H22ClN3O3. The first-order valence-corrected chi connectivity index (χ1v) is 9.40. The van der Waals surface area contributed by atoms with Crippen molar-refractivity contribution in [3.63, 3.8) is 0 Å². The van der Waals surface area contributed by atoms with Crippen LogP contribution in [-0.4, -0.2) is 30.1 Å². The summed E-state index contributed by atoms with van der Waals surface area (Å²) in [6.45, 7) is 4.11. The van der Waals surface area contributed by atoms with E-state index < -0.39 is 0 Å². The van der Waals surface area contributed by atoms with Gasteiger partial charge in [-0.15, -0.1) is 0 Å². The minimum atomic E-state index is -0.296. The number of fused-ring (bicyclic) bond motifs is 1. The van der Waals surface area contributed by atoms with E-state index in [1.165, 1.54) is 14.2 Å². The van der Waals surface area contributed by atoms with Gasteiger partial charge in [-0.05, 0) is 31.0 Å². The van der Waals surface area contributed by atoms with Crippen molar-refractivity contribution in [3.8, 4) is 11.5 Å². The van der Waals surface area contributed by atoms with Gasteiger partial charge in [0.2, 0.25) is 0 Å². The molecule has 146 valence electrons. The van der Waals surface area contributed by atoms with Crippen LogP contribution in [0.4, 0.5) is 5.69 Å². The second-order valence-corrected chi connectivity index (χ2v) is 6.58. The number of rotatable bonds is 6. The van der Waals surface area contributed by atoms with E-state index in [0.717, 1.165) is 29.7 Å². The molecule has 0 aliphatic rings. The molecular weight excluding hydrogens is 378 g/mol. The number of nitrogens with zero attached hydrogens (tertiary/aromatic N) is 2. The maximum Gasteiger partial charge on any atom is 0.255 e. The predicted molar refractivity (Wildman–Crippen MR) is 111 cm³/mol. The number of carbonyl (C=O) groups is 1. The molecule has 0 saturated heterocycles. The number of ether oxygens (including phenoxy) is 2. The van der Waals surface area contributed by atoms with Gasteiger partial charge in [0.15, 0.2) is 11.5 Å². The molecule has 0 spiro atoms. The van der Waals surface area contributed by atoms with E-state index in [1.54, 1.807) is 24.3 Å². The Morgan fingerprint density at radius 3 is 2.18 bits per heavy atom. The summed E-state index contributed by atoms with van der Waals surface area (Å²) in [5, 5.41) is 3.17. The van der Waals surface area contributed by atoms with Crippen molar-refractivity contribution in [3.05, 3.63) is 52.3 Å². The summed E-state index contributed by atoms with van der Waals surface area (Å²) in [5.41, 5.74) is 4.32. The van der Waals surface area contributed by atoms with Crippen molar-refractivity contribution < 1.29 is 14.3 Å². The third-order valence-corrected chi connectivity index (χ3v) is 4.79. The Labute approximate surface area is 168 Å². The Morgan fingerprint density at radius 1 is 0.964 bits per heavy atom. The second-order valence-electron chi connectivity index (χ2n) is 6.17. The Morgan fingerprint density at radius 2 is 1.57 bits per heavy atom. The summed E-state index contributed by atoms with van der Waals surface area (Å²) >= 11 is 6.26. The van der Waals surface area contributed by atoms with Crippen molar-refractivity contribution in [2.45, 2.75) is 26.7 Å². The van der Waals surface area contributed by atoms with Crippen LogP contribution in [0.2, 0.25) is 5.02 Å². The summed E-state index contributed by atoms with van der Waals surface area (Å²) in [4.78, 5) is 22.1. The van der Waals surface area contributed by atoms with Gasteiger partial charge < -0.3 is 14.8 Å². The molecule has 7 heteroatoms. The smallest absolute Gasteiger partial charge is 0.255 e. The van der Waals surface area contributed by atoms with E-state index in [0.29, 0.717) is 33.3 Å². The topological polar surface area (TPSA) is 73.3 Å². The van der Waals surface area contributed by atoms with E-state index in [4.69, 9.17) is 21.1 Å². The predicted octanol–water partition coefficient (Wildman–Crippen LogP) is 4.68. The molecule has 6 nitrogen and oxygen atoms in total. The van der Waals surface area contributed by atoms with Crippen molar-refractivity contribution in [1.29, 1.82) is 0 Å².